The van der Waals surface area contributed by atoms with Gasteiger partial charge in [-0.3, -0.25) is 29.1 Å². The van der Waals surface area contributed by atoms with E-state index in [4.69, 9.17) is 0 Å². The van der Waals surface area contributed by atoms with E-state index in [-0.39, 0.29) is 35.2 Å². The third-order valence-corrected chi connectivity index (χ3v) is 5.89. The van der Waals surface area contributed by atoms with E-state index >= 15 is 0 Å². The lowest BCUT2D eigenvalue weighted by atomic mass is 10.2. The Morgan fingerprint density at radius 3 is 2.45 bits per heavy atom. The fourth-order valence-electron chi connectivity index (χ4n) is 3.95. The van der Waals surface area contributed by atoms with Gasteiger partial charge in [0.25, 0.3) is 5.56 Å². The highest BCUT2D eigenvalue weighted by Crippen LogP contribution is 2.29. The standard InChI is InChI=1S/C23H22F3N9O5/c1-11(19(38)32-15-6-4-5-14(31-15)13-7-27-21(28-8-13)23(24,25)26)35-10-29-18-17(35)20(39)34(22(40)33(18)3)9-16(37)30-12(2)36/h4-8,11,29H,9-10H2,1-3H3,(H,30,36,37)(H,31,32,38). The van der Waals surface area contributed by atoms with Gasteiger partial charge in [-0.1, -0.05) is 6.07 Å². The first-order valence-electron chi connectivity index (χ1n) is 11.6. The second-order valence-corrected chi connectivity index (χ2v) is 8.71. The molecule has 1 aliphatic rings. The Bertz CT molecular complexity index is 1620. The number of nitrogens with zero attached hydrogens (tertiary/aromatic N) is 6. The summed E-state index contributed by atoms with van der Waals surface area (Å²) < 4.78 is 40.0. The van der Waals surface area contributed by atoms with Crippen molar-refractivity contribution in [3.63, 3.8) is 0 Å². The molecule has 1 unspecified atom stereocenters. The SMILES string of the molecule is CC(=O)NC(=O)Cn1c(=O)c2c(n(C)c1=O)NCN2C(C)C(=O)Nc1cccc(-c2cnc(C(F)(F)F)nc2)n1. The Kier molecular flexibility index (Phi) is 7.39. The van der Waals surface area contributed by atoms with Gasteiger partial charge >= 0.3 is 11.9 Å². The van der Waals surface area contributed by atoms with Crippen molar-refractivity contribution >= 4 is 35.0 Å². The monoisotopic (exact) mass is 561 g/mol. The van der Waals surface area contributed by atoms with Crippen LogP contribution in [0.5, 0.6) is 0 Å². The molecule has 3 amide bonds. The van der Waals surface area contributed by atoms with Gasteiger partial charge in [0.05, 0.1) is 12.4 Å². The average Bonchev–Trinajstić information content (AvgIpc) is 3.34. The van der Waals surface area contributed by atoms with Crippen LogP contribution in [0.4, 0.5) is 30.5 Å². The third kappa shape index (κ3) is 5.52. The lowest BCUT2D eigenvalue weighted by Gasteiger charge is -2.24. The molecule has 14 nitrogen and oxygen atoms in total. The predicted octanol–water partition coefficient (Wildman–Crippen LogP) is 0.297. The molecule has 3 aromatic rings. The summed E-state index contributed by atoms with van der Waals surface area (Å²) in [5, 5.41) is 7.47. The number of amides is 3. The maximum absolute atomic E-state index is 13.2. The van der Waals surface area contributed by atoms with Gasteiger partial charge in [-0.05, 0) is 19.1 Å². The number of imide groups is 1. The van der Waals surface area contributed by atoms with Crippen molar-refractivity contribution in [2.75, 3.05) is 22.2 Å². The molecular formula is C23H22F3N9O5. The molecule has 1 atom stereocenters. The number of nitrogens with one attached hydrogen (secondary N) is 3. The van der Waals surface area contributed by atoms with Crippen molar-refractivity contribution in [1.29, 1.82) is 0 Å². The maximum Gasteiger partial charge on any atom is 0.451 e. The van der Waals surface area contributed by atoms with Crippen LogP contribution >= 0.6 is 0 Å². The topological polar surface area (TPSA) is 173 Å². The van der Waals surface area contributed by atoms with Crippen LogP contribution in [0.2, 0.25) is 0 Å². The Morgan fingerprint density at radius 2 is 1.82 bits per heavy atom. The first-order valence-corrected chi connectivity index (χ1v) is 11.6. The summed E-state index contributed by atoms with van der Waals surface area (Å²) in [6.45, 7) is 1.87. The fraction of sp³-hybridized carbons (Fsp3) is 0.304. The van der Waals surface area contributed by atoms with Gasteiger partial charge in [0.15, 0.2) is 0 Å². The number of fused-ring (bicyclic) bond motifs is 1. The predicted molar refractivity (Wildman–Crippen MR) is 134 cm³/mol. The number of rotatable bonds is 6. The fourth-order valence-corrected chi connectivity index (χ4v) is 3.95. The van der Waals surface area contributed by atoms with Crippen LogP contribution in [0.1, 0.15) is 19.7 Å². The van der Waals surface area contributed by atoms with Crippen LogP contribution in [-0.2, 0) is 34.2 Å². The molecule has 0 saturated carbocycles. The first-order chi connectivity index (χ1) is 18.8. The van der Waals surface area contributed by atoms with E-state index in [2.05, 4.69) is 25.6 Å². The Balaban J connectivity index is 1.56. The number of anilines is 3. The quantitative estimate of drug-likeness (QED) is 0.380. The summed E-state index contributed by atoms with van der Waals surface area (Å²) in [6, 6.07) is 3.49. The van der Waals surface area contributed by atoms with Crippen molar-refractivity contribution in [1.82, 2.24) is 29.4 Å². The Hall–Kier alpha value is -5.09. The van der Waals surface area contributed by atoms with E-state index in [0.717, 1.165) is 23.9 Å². The maximum atomic E-state index is 13.2. The van der Waals surface area contributed by atoms with E-state index in [1.165, 1.54) is 37.1 Å². The molecular weight excluding hydrogens is 539 g/mol. The minimum absolute atomic E-state index is 0.0214. The number of aromatic nitrogens is 5. The Morgan fingerprint density at radius 1 is 1.15 bits per heavy atom. The van der Waals surface area contributed by atoms with Crippen molar-refractivity contribution in [2.24, 2.45) is 7.05 Å². The number of carbonyl (C=O) groups excluding carboxylic acids is 3. The van der Waals surface area contributed by atoms with E-state index < -0.39 is 53.6 Å². The molecule has 0 fully saturated rings. The lowest BCUT2D eigenvalue weighted by molar-refractivity contribution is -0.145. The molecule has 0 radical (unpaired) electrons. The molecule has 3 aromatic heterocycles. The number of halogens is 3. The molecule has 0 aromatic carbocycles. The minimum Gasteiger partial charge on any atom is -0.352 e. The van der Waals surface area contributed by atoms with E-state index in [9.17, 15) is 37.1 Å². The van der Waals surface area contributed by atoms with E-state index in [0.29, 0.717) is 4.57 Å². The molecule has 4 rings (SSSR count). The molecule has 0 bridgehead atoms. The summed E-state index contributed by atoms with van der Waals surface area (Å²) in [4.78, 5) is 74.5. The van der Waals surface area contributed by atoms with Gasteiger partial charge in [0, 0.05) is 31.9 Å². The minimum atomic E-state index is -4.70. The zero-order valence-electron chi connectivity index (χ0n) is 21.2. The van der Waals surface area contributed by atoms with E-state index in [1.54, 1.807) is 0 Å². The van der Waals surface area contributed by atoms with Crippen LogP contribution in [0.15, 0.2) is 40.2 Å². The van der Waals surface area contributed by atoms with E-state index in [1.807, 2.05) is 5.32 Å². The molecule has 0 saturated heterocycles. The summed E-state index contributed by atoms with van der Waals surface area (Å²) in [5.74, 6) is -3.21. The summed E-state index contributed by atoms with van der Waals surface area (Å²) >= 11 is 0. The van der Waals surface area contributed by atoms with Gasteiger partial charge in [0.1, 0.15) is 29.9 Å². The number of carbonyl (C=O) groups is 3. The number of hydrogen-bond acceptors (Lipinski definition) is 10. The molecule has 0 spiro atoms. The highest BCUT2D eigenvalue weighted by atomic mass is 19.4. The lowest BCUT2D eigenvalue weighted by Crippen LogP contribution is -2.47. The molecule has 4 heterocycles. The average molecular weight is 561 g/mol. The van der Waals surface area contributed by atoms with Crippen LogP contribution in [0, 0.1) is 0 Å². The van der Waals surface area contributed by atoms with Crippen molar-refractivity contribution in [3.05, 3.63) is 57.3 Å². The second-order valence-electron chi connectivity index (χ2n) is 8.71. The van der Waals surface area contributed by atoms with Crippen molar-refractivity contribution in [3.8, 4) is 11.3 Å². The second kappa shape index (κ2) is 10.6. The van der Waals surface area contributed by atoms with Crippen molar-refractivity contribution in [2.45, 2.75) is 32.6 Å². The van der Waals surface area contributed by atoms with Gasteiger partial charge < -0.3 is 15.5 Å². The van der Waals surface area contributed by atoms with Crippen LogP contribution < -0.4 is 32.1 Å². The zero-order valence-corrected chi connectivity index (χ0v) is 21.2. The number of pyridine rings is 1. The van der Waals surface area contributed by atoms with Gasteiger partial charge in [0.2, 0.25) is 23.5 Å². The Labute approximate surface area is 222 Å². The molecule has 40 heavy (non-hydrogen) atoms. The number of alkyl halides is 3. The molecule has 1 aliphatic heterocycles. The van der Waals surface area contributed by atoms with Gasteiger partial charge in [-0.15, -0.1) is 0 Å². The van der Waals surface area contributed by atoms with Crippen LogP contribution in [0.3, 0.4) is 0 Å². The van der Waals surface area contributed by atoms with Gasteiger partial charge in [-0.2, -0.15) is 13.2 Å². The first kappa shape index (κ1) is 27.9. The van der Waals surface area contributed by atoms with Crippen molar-refractivity contribution < 1.29 is 27.6 Å². The third-order valence-electron chi connectivity index (χ3n) is 5.89. The zero-order chi connectivity index (χ0) is 29.4. The largest absolute Gasteiger partial charge is 0.451 e. The van der Waals surface area contributed by atoms with Crippen LogP contribution in [0.25, 0.3) is 11.3 Å². The normalized spacial score (nSPS) is 13.3. The highest BCUT2D eigenvalue weighted by molar-refractivity contribution is 5.97. The smallest absolute Gasteiger partial charge is 0.352 e. The summed E-state index contributed by atoms with van der Waals surface area (Å²) in [5.41, 5.74) is -1.30. The molecule has 0 aliphatic carbocycles. The summed E-state index contributed by atoms with van der Waals surface area (Å²) in [6.07, 6.45) is -2.77. The van der Waals surface area contributed by atoms with Gasteiger partial charge in [-0.25, -0.2) is 24.3 Å². The van der Waals surface area contributed by atoms with Crippen LogP contribution in [-0.4, -0.2) is 54.5 Å². The molecule has 17 heteroatoms. The molecule has 3 N–H and O–H groups in total. The molecule has 210 valence electrons. The highest BCUT2D eigenvalue weighted by Gasteiger charge is 2.35. The summed E-state index contributed by atoms with van der Waals surface area (Å²) in [7, 11) is 1.38. The number of hydrogen-bond donors (Lipinski definition) is 3.